The van der Waals surface area contributed by atoms with Gasteiger partial charge in [-0.25, -0.2) is 0 Å². The zero-order valence-corrected chi connectivity index (χ0v) is 13.4. The number of aliphatic hydroxyl groups excluding tert-OH is 1. The molecule has 0 spiro atoms. The number of hydrogen-bond donors (Lipinski definition) is 2. The van der Waals surface area contributed by atoms with E-state index in [0.29, 0.717) is 18.0 Å². The molecule has 122 valence electrons. The van der Waals surface area contributed by atoms with Crippen LogP contribution in [0.5, 0.6) is 5.75 Å². The Morgan fingerprint density at radius 3 is 2.65 bits per heavy atom. The monoisotopic (exact) mass is 314 g/mol. The van der Waals surface area contributed by atoms with Crippen molar-refractivity contribution in [2.75, 3.05) is 32.6 Å². The summed E-state index contributed by atoms with van der Waals surface area (Å²) in [5, 5.41) is 13.0. The van der Waals surface area contributed by atoms with Crippen molar-refractivity contribution >= 4 is 11.6 Å². The molecule has 1 atom stereocenters. The maximum absolute atomic E-state index is 12.1. The maximum atomic E-state index is 12.1. The van der Waals surface area contributed by atoms with Crippen LogP contribution in [0, 0.1) is 0 Å². The smallest absolute Gasteiger partial charge is 0.238 e. The first-order valence-electron chi connectivity index (χ1n) is 7.44. The predicted molar refractivity (Wildman–Crippen MR) is 90.5 cm³/mol. The van der Waals surface area contributed by atoms with E-state index < -0.39 is 6.10 Å². The highest BCUT2D eigenvalue weighted by Crippen LogP contribution is 2.17. The first-order chi connectivity index (χ1) is 11.1. The average Bonchev–Trinajstić information content (AvgIpc) is 2.55. The Morgan fingerprint density at radius 1 is 1.22 bits per heavy atom. The Hall–Kier alpha value is -2.37. The molecule has 0 aliphatic heterocycles. The van der Waals surface area contributed by atoms with Crippen molar-refractivity contribution < 1.29 is 14.6 Å². The fourth-order valence-corrected chi connectivity index (χ4v) is 2.29. The molecule has 0 radical (unpaired) electrons. The highest BCUT2D eigenvalue weighted by atomic mass is 16.5. The van der Waals surface area contributed by atoms with E-state index >= 15 is 0 Å². The molecule has 2 N–H and O–H groups in total. The summed E-state index contributed by atoms with van der Waals surface area (Å²) in [5.41, 5.74) is 1.53. The molecule has 0 bridgehead atoms. The van der Waals surface area contributed by atoms with Gasteiger partial charge < -0.3 is 15.2 Å². The van der Waals surface area contributed by atoms with Gasteiger partial charge in [-0.3, -0.25) is 9.69 Å². The zero-order chi connectivity index (χ0) is 16.7. The van der Waals surface area contributed by atoms with Crippen molar-refractivity contribution in [3.05, 3.63) is 60.2 Å². The van der Waals surface area contributed by atoms with Gasteiger partial charge in [0.15, 0.2) is 0 Å². The van der Waals surface area contributed by atoms with Crippen LogP contribution in [-0.4, -0.2) is 43.2 Å². The number of amides is 1. The van der Waals surface area contributed by atoms with Gasteiger partial charge in [-0.05, 0) is 24.7 Å². The number of benzene rings is 2. The van der Waals surface area contributed by atoms with Crippen LogP contribution < -0.4 is 10.1 Å². The molecule has 1 amide bonds. The lowest BCUT2D eigenvalue weighted by molar-refractivity contribution is -0.117. The molecule has 5 nitrogen and oxygen atoms in total. The molecule has 0 fully saturated rings. The van der Waals surface area contributed by atoms with Gasteiger partial charge in [0.05, 0.1) is 19.8 Å². The number of nitrogens with zero attached hydrogens (tertiary/aromatic N) is 1. The normalized spacial score (nSPS) is 12.0. The fourth-order valence-electron chi connectivity index (χ4n) is 2.29. The number of aliphatic hydroxyl groups is 1. The summed E-state index contributed by atoms with van der Waals surface area (Å²) in [6, 6.07) is 16.6. The molecule has 5 heteroatoms. The van der Waals surface area contributed by atoms with Crippen LogP contribution in [0.2, 0.25) is 0 Å². The lowest BCUT2D eigenvalue weighted by Crippen LogP contribution is -2.33. The van der Waals surface area contributed by atoms with Gasteiger partial charge in [-0.2, -0.15) is 0 Å². The lowest BCUT2D eigenvalue weighted by Gasteiger charge is -2.20. The number of nitrogens with one attached hydrogen (secondary N) is 1. The predicted octanol–water partition coefficient (Wildman–Crippen LogP) is 2.30. The zero-order valence-electron chi connectivity index (χ0n) is 13.4. The molecule has 2 aromatic rings. The second kappa shape index (κ2) is 8.31. The second-order valence-electron chi connectivity index (χ2n) is 5.40. The molecular formula is C18H22N2O3. The Kier molecular flexibility index (Phi) is 6.14. The van der Waals surface area contributed by atoms with Gasteiger partial charge in [-0.1, -0.05) is 36.4 Å². The van der Waals surface area contributed by atoms with Crippen LogP contribution in [0.3, 0.4) is 0 Å². The first kappa shape index (κ1) is 17.0. The van der Waals surface area contributed by atoms with Crippen LogP contribution in [0.4, 0.5) is 5.69 Å². The molecule has 0 saturated heterocycles. The van der Waals surface area contributed by atoms with E-state index in [2.05, 4.69) is 5.32 Å². The number of anilines is 1. The lowest BCUT2D eigenvalue weighted by atomic mass is 10.1. The van der Waals surface area contributed by atoms with E-state index in [1.54, 1.807) is 31.2 Å². The minimum absolute atomic E-state index is 0.138. The number of likely N-dealkylation sites (N-methyl/N-ethyl adjacent to an activating group) is 1. The topological polar surface area (TPSA) is 61.8 Å². The molecule has 0 aliphatic rings. The number of methoxy groups -OCH3 is 1. The van der Waals surface area contributed by atoms with E-state index in [1.807, 2.05) is 42.5 Å². The van der Waals surface area contributed by atoms with Crippen LogP contribution in [-0.2, 0) is 4.79 Å². The van der Waals surface area contributed by atoms with Crippen molar-refractivity contribution in [1.29, 1.82) is 0 Å². The van der Waals surface area contributed by atoms with Crippen LogP contribution in [0.25, 0.3) is 0 Å². The van der Waals surface area contributed by atoms with Crippen LogP contribution in [0.15, 0.2) is 54.6 Å². The summed E-state index contributed by atoms with van der Waals surface area (Å²) in [7, 11) is 3.39. The number of carbonyl (C=O) groups excluding carboxylic acids is 1. The molecule has 2 rings (SSSR count). The third-order valence-electron chi connectivity index (χ3n) is 3.44. The van der Waals surface area contributed by atoms with Crippen LogP contribution in [0.1, 0.15) is 11.7 Å². The molecule has 23 heavy (non-hydrogen) atoms. The average molecular weight is 314 g/mol. The Bertz CT molecular complexity index is 631. The van der Waals surface area contributed by atoms with Crippen molar-refractivity contribution in [3.8, 4) is 5.75 Å². The highest BCUT2D eigenvalue weighted by Gasteiger charge is 2.13. The fraction of sp³-hybridized carbons (Fsp3) is 0.278. The molecule has 0 aliphatic carbocycles. The van der Waals surface area contributed by atoms with Crippen molar-refractivity contribution in [2.24, 2.45) is 0 Å². The van der Waals surface area contributed by atoms with E-state index in [1.165, 1.54) is 0 Å². The van der Waals surface area contributed by atoms with Gasteiger partial charge in [0, 0.05) is 18.3 Å². The van der Waals surface area contributed by atoms with Gasteiger partial charge in [0.1, 0.15) is 5.75 Å². The summed E-state index contributed by atoms with van der Waals surface area (Å²) in [5.74, 6) is 0.552. The minimum Gasteiger partial charge on any atom is -0.497 e. The van der Waals surface area contributed by atoms with Crippen molar-refractivity contribution in [1.82, 2.24) is 4.90 Å². The molecule has 0 unspecified atom stereocenters. The number of rotatable bonds is 7. The summed E-state index contributed by atoms with van der Waals surface area (Å²) >= 11 is 0. The summed E-state index contributed by atoms with van der Waals surface area (Å²) in [6.45, 7) is 0.580. The number of ether oxygens (including phenoxy) is 1. The van der Waals surface area contributed by atoms with Gasteiger partial charge in [0.25, 0.3) is 0 Å². The van der Waals surface area contributed by atoms with Crippen LogP contribution >= 0.6 is 0 Å². The molecular weight excluding hydrogens is 292 g/mol. The summed E-state index contributed by atoms with van der Waals surface area (Å²) in [6.07, 6.45) is -0.620. The number of carbonyl (C=O) groups is 1. The standard InChI is InChI=1S/C18H22N2O3/c1-20(12-17(21)14-7-4-3-5-8-14)13-18(22)19-15-9-6-10-16(11-15)23-2/h3-11,17,21H,12-13H2,1-2H3,(H,19,22)/t17-/m1/s1. The highest BCUT2D eigenvalue weighted by molar-refractivity contribution is 5.92. The Balaban J connectivity index is 1.84. The summed E-state index contributed by atoms with van der Waals surface area (Å²) in [4.78, 5) is 13.9. The third kappa shape index (κ3) is 5.39. The van der Waals surface area contributed by atoms with Gasteiger partial charge in [-0.15, -0.1) is 0 Å². The second-order valence-corrected chi connectivity index (χ2v) is 5.40. The van der Waals surface area contributed by atoms with E-state index in [9.17, 15) is 9.90 Å². The quantitative estimate of drug-likeness (QED) is 0.823. The van der Waals surface area contributed by atoms with Crippen molar-refractivity contribution in [3.63, 3.8) is 0 Å². The molecule has 0 aromatic heterocycles. The largest absolute Gasteiger partial charge is 0.497 e. The first-order valence-corrected chi connectivity index (χ1v) is 7.44. The minimum atomic E-state index is -0.620. The van der Waals surface area contributed by atoms with E-state index in [4.69, 9.17) is 4.74 Å². The van der Waals surface area contributed by atoms with E-state index in [0.717, 1.165) is 5.56 Å². The molecule has 2 aromatic carbocycles. The molecule has 0 heterocycles. The number of hydrogen-bond acceptors (Lipinski definition) is 4. The Morgan fingerprint density at radius 2 is 1.96 bits per heavy atom. The van der Waals surface area contributed by atoms with Gasteiger partial charge >= 0.3 is 0 Å². The van der Waals surface area contributed by atoms with E-state index in [-0.39, 0.29) is 12.5 Å². The maximum Gasteiger partial charge on any atom is 0.238 e. The summed E-state index contributed by atoms with van der Waals surface area (Å²) < 4.78 is 5.12. The molecule has 0 saturated carbocycles. The van der Waals surface area contributed by atoms with Crippen molar-refractivity contribution in [2.45, 2.75) is 6.10 Å². The third-order valence-corrected chi connectivity index (χ3v) is 3.44. The Labute approximate surface area is 136 Å². The SMILES string of the molecule is COc1cccc(NC(=O)CN(C)C[C@@H](O)c2ccccc2)c1. The van der Waals surface area contributed by atoms with Gasteiger partial charge in [0.2, 0.25) is 5.91 Å².